The Morgan fingerprint density at radius 3 is 2.86 bits per heavy atom. The van der Waals surface area contributed by atoms with Gasteiger partial charge in [-0.15, -0.1) is 11.3 Å². The van der Waals surface area contributed by atoms with Gasteiger partial charge in [0.2, 0.25) is 0 Å². The van der Waals surface area contributed by atoms with Crippen molar-refractivity contribution in [3.05, 3.63) is 53.8 Å². The maximum atomic E-state index is 11.2. The number of aldehydes is 1. The second-order valence-corrected chi connectivity index (χ2v) is 6.78. The molecule has 22 heavy (non-hydrogen) atoms. The minimum atomic E-state index is 0.407. The molecule has 0 bridgehead atoms. The molecule has 6 heteroatoms. The highest BCUT2D eigenvalue weighted by Crippen LogP contribution is 2.36. The summed E-state index contributed by atoms with van der Waals surface area (Å²) in [5, 5.41) is 3.93. The Morgan fingerprint density at radius 2 is 2.05 bits per heavy atom. The maximum absolute atomic E-state index is 11.2. The number of aromatic nitrogens is 3. The minimum Gasteiger partial charge on any atom is -0.296 e. The third-order valence-electron chi connectivity index (χ3n) is 3.26. The summed E-state index contributed by atoms with van der Waals surface area (Å²) in [5.41, 5.74) is 1.97. The lowest BCUT2D eigenvalue weighted by atomic mass is 10.1. The summed E-state index contributed by atoms with van der Waals surface area (Å²) >= 11 is 3.11. The Morgan fingerprint density at radius 1 is 1.09 bits per heavy atom. The van der Waals surface area contributed by atoms with Gasteiger partial charge in [-0.2, -0.15) is 0 Å². The first-order valence-corrected chi connectivity index (χ1v) is 8.26. The zero-order valence-electron chi connectivity index (χ0n) is 11.3. The van der Waals surface area contributed by atoms with Crippen molar-refractivity contribution in [2.24, 2.45) is 0 Å². The third-order valence-corrected chi connectivity index (χ3v) is 5.20. The highest BCUT2D eigenvalue weighted by atomic mass is 32.2. The molecule has 4 nitrogen and oxygen atoms in total. The van der Waals surface area contributed by atoms with Gasteiger partial charge in [-0.1, -0.05) is 30.0 Å². The average molecular weight is 323 g/mol. The number of rotatable bonds is 3. The lowest BCUT2D eigenvalue weighted by Crippen LogP contribution is -1.92. The van der Waals surface area contributed by atoms with Gasteiger partial charge in [0.25, 0.3) is 0 Å². The van der Waals surface area contributed by atoms with Crippen LogP contribution < -0.4 is 0 Å². The largest absolute Gasteiger partial charge is 0.296 e. The van der Waals surface area contributed by atoms with Crippen molar-refractivity contribution in [3.63, 3.8) is 0 Å². The quantitative estimate of drug-likeness (QED) is 0.418. The normalized spacial score (nSPS) is 11.1. The molecule has 3 heterocycles. The van der Waals surface area contributed by atoms with Gasteiger partial charge in [0.05, 0.1) is 11.0 Å². The van der Waals surface area contributed by atoms with Crippen molar-refractivity contribution in [3.8, 4) is 0 Å². The van der Waals surface area contributed by atoms with Crippen LogP contribution in [0.15, 0.2) is 57.3 Å². The van der Waals surface area contributed by atoms with Gasteiger partial charge in [-0.3, -0.25) is 9.78 Å². The molecule has 0 amide bonds. The molecular weight excluding hydrogens is 314 g/mol. The number of benzene rings is 1. The van der Waals surface area contributed by atoms with Gasteiger partial charge in [0.15, 0.2) is 10.6 Å². The zero-order valence-corrected chi connectivity index (χ0v) is 12.9. The lowest BCUT2D eigenvalue weighted by Gasteiger charge is -2.07. The second-order valence-electron chi connectivity index (χ2n) is 4.60. The van der Waals surface area contributed by atoms with Crippen LogP contribution in [0, 0.1) is 0 Å². The molecule has 0 spiro atoms. The van der Waals surface area contributed by atoms with Crippen molar-refractivity contribution >= 4 is 51.2 Å². The van der Waals surface area contributed by atoms with Crippen LogP contribution in [-0.4, -0.2) is 21.2 Å². The predicted molar refractivity (Wildman–Crippen MR) is 88.7 cm³/mol. The van der Waals surface area contributed by atoms with E-state index in [0.717, 1.165) is 37.3 Å². The predicted octanol–water partition coefficient (Wildman–Crippen LogP) is 4.20. The van der Waals surface area contributed by atoms with Gasteiger partial charge in [0.1, 0.15) is 5.69 Å². The minimum absolute atomic E-state index is 0.407. The Labute approximate surface area is 134 Å². The van der Waals surface area contributed by atoms with Crippen molar-refractivity contribution in [1.82, 2.24) is 15.0 Å². The van der Waals surface area contributed by atoms with E-state index >= 15 is 0 Å². The van der Waals surface area contributed by atoms with Gasteiger partial charge in [-0.25, -0.2) is 9.97 Å². The second kappa shape index (κ2) is 5.47. The fraction of sp³-hybridized carbons (Fsp3) is 0. The van der Waals surface area contributed by atoms with Crippen LogP contribution in [0.4, 0.5) is 0 Å². The molecule has 0 atom stereocenters. The molecule has 0 unspecified atom stereocenters. The summed E-state index contributed by atoms with van der Waals surface area (Å²) < 4.78 is 0.936. The van der Waals surface area contributed by atoms with E-state index in [-0.39, 0.29) is 0 Å². The summed E-state index contributed by atoms with van der Waals surface area (Å²) in [6.07, 6.45) is 4.28. The number of fused-ring (bicyclic) bond motifs is 3. The van der Waals surface area contributed by atoms with E-state index < -0.39 is 0 Å². The van der Waals surface area contributed by atoms with E-state index in [4.69, 9.17) is 0 Å². The summed E-state index contributed by atoms with van der Waals surface area (Å²) in [4.78, 5) is 25.4. The van der Waals surface area contributed by atoms with E-state index in [1.54, 1.807) is 41.6 Å². The average Bonchev–Trinajstić information content (AvgIpc) is 3.07. The highest BCUT2D eigenvalue weighted by Gasteiger charge is 2.11. The van der Waals surface area contributed by atoms with Crippen molar-refractivity contribution in [2.75, 3.05) is 0 Å². The zero-order chi connectivity index (χ0) is 14.9. The number of hydrogen-bond donors (Lipinski definition) is 0. The van der Waals surface area contributed by atoms with Crippen molar-refractivity contribution in [1.29, 1.82) is 0 Å². The van der Waals surface area contributed by atoms with E-state index in [0.29, 0.717) is 5.69 Å². The number of carbonyl (C=O) groups excluding carboxylic acids is 1. The molecular formula is C16H9N3OS2. The SMILES string of the molecule is O=Cc1cc(Sc2nccs2)c2ccc3cccnc3c2n1. The monoisotopic (exact) mass is 323 g/mol. The fourth-order valence-corrected chi connectivity index (χ4v) is 4.06. The lowest BCUT2D eigenvalue weighted by molar-refractivity contribution is 0.111. The first-order chi connectivity index (χ1) is 10.8. The number of thiazole rings is 1. The van der Waals surface area contributed by atoms with E-state index in [1.165, 1.54) is 0 Å². The van der Waals surface area contributed by atoms with Crippen molar-refractivity contribution in [2.45, 2.75) is 9.24 Å². The van der Waals surface area contributed by atoms with Crippen LogP contribution in [0.3, 0.4) is 0 Å². The topological polar surface area (TPSA) is 55.7 Å². The van der Waals surface area contributed by atoms with Crippen LogP contribution >= 0.6 is 23.1 Å². The molecule has 0 saturated heterocycles. The summed E-state index contributed by atoms with van der Waals surface area (Å²) in [6, 6.07) is 9.74. The summed E-state index contributed by atoms with van der Waals surface area (Å²) in [6.45, 7) is 0. The molecule has 0 aliphatic carbocycles. The number of hydrogen-bond acceptors (Lipinski definition) is 6. The number of carbonyl (C=O) groups is 1. The molecule has 0 radical (unpaired) electrons. The first-order valence-electron chi connectivity index (χ1n) is 6.56. The number of nitrogens with zero attached hydrogens (tertiary/aromatic N) is 3. The number of pyridine rings is 2. The van der Waals surface area contributed by atoms with Crippen LogP contribution in [-0.2, 0) is 0 Å². The van der Waals surface area contributed by atoms with Crippen LogP contribution in [0.25, 0.3) is 21.8 Å². The smallest absolute Gasteiger partial charge is 0.168 e. The van der Waals surface area contributed by atoms with Crippen LogP contribution in [0.2, 0.25) is 0 Å². The van der Waals surface area contributed by atoms with Gasteiger partial charge in [-0.05, 0) is 12.1 Å². The highest BCUT2D eigenvalue weighted by molar-refractivity contribution is 8.01. The Kier molecular flexibility index (Phi) is 3.32. The van der Waals surface area contributed by atoms with E-state index in [2.05, 4.69) is 15.0 Å². The van der Waals surface area contributed by atoms with Gasteiger partial charge in [0, 0.05) is 33.4 Å². The molecule has 4 aromatic rings. The maximum Gasteiger partial charge on any atom is 0.168 e. The third kappa shape index (κ3) is 2.26. The van der Waals surface area contributed by atoms with Crippen LogP contribution in [0.1, 0.15) is 10.5 Å². The molecule has 0 saturated carbocycles. The van der Waals surface area contributed by atoms with E-state index in [9.17, 15) is 4.79 Å². The Bertz CT molecular complexity index is 983. The summed E-state index contributed by atoms with van der Waals surface area (Å²) in [5.74, 6) is 0. The fourth-order valence-electron chi connectivity index (χ4n) is 2.31. The molecule has 106 valence electrons. The molecule has 0 aliphatic rings. The molecule has 1 aromatic carbocycles. The molecule has 3 aromatic heterocycles. The Hall–Kier alpha value is -2.31. The summed E-state index contributed by atoms with van der Waals surface area (Å²) in [7, 11) is 0. The molecule has 0 aliphatic heterocycles. The first kappa shape index (κ1) is 13.4. The Balaban J connectivity index is 2.02. The molecule has 0 N–H and O–H groups in total. The van der Waals surface area contributed by atoms with Crippen molar-refractivity contribution < 1.29 is 4.79 Å². The van der Waals surface area contributed by atoms with Gasteiger partial charge >= 0.3 is 0 Å². The van der Waals surface area contributed by atoms with E-state index in [1.807, 2.05) is 29.6 Å². The standard InChI is InChI=1S/C16H9N3OS2/c20-9-11-8-13(22-16-18-6-7-21-16)12-4-3-10-2-1-5-17-14(10)15(12)19-11/h1-9H. The molecule has 4 rings (SSSR count). The molecule has 0 fully saturated rings. The van der Waals surface area contributed by atoms with Crippen LogP contribution in [0.5, 0.6) is 0 Å². The van der Waals surface area contributed by atoms with Gasteiger partial charge < -0.3 is 0 Å².